The van der Waals surface area contributed by atoms with Gasteiger partial charge in [-0.2, -0.15) is 0 Å². The second-order valence-electron chi connectivity index (χ2n) is 3.53. The average molecular weight is 175 g/mol. The maximum Gasteiger partial charge on any atom is 0.148 e. The lowest BCUT2D eigenvalue weighted by Gasteiger charge is -2.11. The third-order valence-corrected chi connectivity index (χ3v) is 2.54. The molecule has 2 rings (SSSR count). The Morgan fingerprint density at radius 2 is 2.15 bits per heavy atom. The Kier molecular flexibility index (Phi) is 2.15. The number of aryl methyl sites for hydroxylation is 1. The summed E-state index contributed by atoms with van der Waals surface area (Å²) in [5, 5.41) is 3.21. The van der Waals surface area contributed by atoms with E-state index in [2.05, 4.69) is 24.4 Å². The van der Waals surface area contributed by atoms with E-state index in [1.54, 1.807) is 0 Å². The molecule has 1 aliphatic heterocycles. The maximum absolute atomic E-state index is 11.1. The molecule has 0 spiro atoms. The first-order valence-electron chi connectivity index (χ1n) is 4.58. The lowest BCUT2D eigenvalue weighted by molar-refractivity contribution is -0.116. The highest BCUT2D eigenvalue weighted by atomic mass is 16.1. The van der Waals surface area contributed by atoms with Crippen molar-refractivity contribution in [2.24, 2.45) is 0 Å². The maximum atomic E-state index is 11.1. The third-order valence-electron chi connectivity index (χ3n) is 2.54. The van der Waals surface area contributed by atoms with Gasteiger partial charge in [-0.15, -0.1) is 0 Å². The molecule has 2 heteroatoms. The van der Waals surface area contributed by atoms with Crippen molar-refractivity contribution in [2.75, 3.05) is 6.54 Å². The van der Waals surface area contributed by atoms with E-state index in [0.717, 1.165) is 0 Å². The number of ketones is 1. The minimum Gasteiger partial charge on any atom is -0.303 e. The van der Waals surface area contributed by atoms with Gasteiger partial charge in [-0.3, -0.25) is 4.79 Å². The summed E-state index contributed by atoms with van der Waals surface area (Å²) in [4.78, 5) is 11.1. The van der Waals surface area contributed by atoms with Crippen molar-refractivity contribution in [1.29, 1.82) is 0 Å². The SMILES string of the molecule is Cc1ccccc1C1CC(=O)CN1. The molecule has 2 nitrogen and oxygen atoms in total. The number of benzene rings is 1. The molecule has 0 aliphatic carbocycles. The molecule has 1 aromatic rings. The van der Waals surface area contributed by atoms with Crippen molar-refractivity contribution in [3.05, 3.63) is 35.4 Å². The number of hydrogen-bond donors (Lipinski definition) is 1. The molecule has 0 amide bonds. The van der Waals surface area contributed by atoms with E-state index in [1.807, 2.05) is 12.1 Å². The Hall–Kier alpha value is -1.15. The van der Waals surface area contributed by atoms with E-state index >= 15 is 0 Å². The number of hydrogen-bond acceptors (Lipinski definition) is 2. The topological polar surface area (TPSA) is 29.1 Å². The molecule has 1 atom stereocenters. The second-order valence-corrected chi connectivity index (χ2v) is 3.53. The average Bonchev–Trinajstić information content (AvgIpc) is 2.53. The number of carbonyl (C=O) groups is 1. The van der Waals surface area contributed by atoms with Crippen molar-refractivity contribution in [2.45, 2.75) is 19.4 Å². The molecular weight excluding hydrogens is 162 g/mol. The largest absolute Gasteiger partial charge is 0.303 e. The normalized spacial score (nSPS) is 22.2. The summed E-state index contributed by atoms with van der Waals surface area (Å²) in [5.74, 6) is 0.313. The van der Waals surface area contributed by atoms with Gasteiger partial charge < -0.3 is 5.32 Å². The molecule has 0 aromatic heterocycles. The van der Waals surface area contributed by atoms with Gasteiger partial charge in [0.05, 0.1) is 6.54 Å². The fraction of sp³-hybridized carbons (Fsp3) is 0.364. The van der Waals surface area contributed by atoms with Crippen LogP contribution in [0.5, 0.6) is 0 Å². The minimum absolute atomic E-state index is 0.244. The van der Waals surface area contributed by atoms with E-state index in [4.69, 9.17) is 0 Å². The molecule has 1 aromatic carbocycles. The summed E-state index contributed by atoms with van der Waals surface area (Å²) in [6.07, 6.45) is 0.644. The first-order valence-corrected chi connectivity index (χ1v) is 4.58. The summed E-state index contributed by atoms with van der Waals surface area (Å²) in [6.45, 7) is 2.61. The van der Waals surface area contributed by atoms with Gasteiger partial charge in [-0.05, 0) is 18.1 Å². The highest BCUT2D eigenvalue weighted by Gasteiger charge is 2.23. The zero-order valence-electron chi connectivity index (χ0n) is 7.71. The molecule has 1 heterocycles. The van der Waals surface area contributed by atoms with Gasteiger partial charge >= 0.3 is 0 Å². The molecule has 0 saturated carbocycles. The van der Waals surface area contributed by atoms with Crippen LogP contribution in [-0.2, 0) is 4.79 Å². The minimum atomic E-state index is 0.244. The van der Waals surface area contributed by atoms with Crippen LogP contribution in [0, 0.1) is 6.92 Å². The van der Waals surface area contributed by atoms with Gasteiger partial charge in [0.15, 0.2) is 0 Å². The Morgan fingerprint density at radius 3 is 2.77 bits per heavy atom. The van der Waals surface area contributed by atoms with Crippen molar-refractivity contribution in [3.8, 4) is 0 Å². The van der Waals surface area contributed by atoms with Gasteiger partial charge in [0.25, 0.3) is 0 Å². The molecule has 1 aliphatic rings. The van der Waals surface area contributed by atoms with Crippen LogP contribution in [0.3, 0.4) is 0 Å². The van der Waals surface area contributed by atoms with Gasteiger partial charge in [0.1, 0.15) is 5.78 Å². The van der Waals surface area contributed by atoms with Crippen LogP contribution in [-0.4, -0.2) is 12.3 Å². The number of carbonyl (C=O) groups excluding carboxylic acids is 1. The van der Waals surface area contributed by atoms with Crippen LogP contribution in [0.4, 0.5) is 0 Å². The summed E-state index contributed by atoms with van der Waals surface area (Å²) in [5.41, 5.74) is 2.52. The fourth-order valence-corrected chi connectivity index (χ4v) is 1.81. The van der Waals surface area contributed by atoms with Gasteiger partial charge in [0.2, 0.25) is 0 Å². The molecular formula is C11H13NO. The standard InChI is InChI=1S/C11H13NO/c1-8-4-2-3-5-10(8)11-6-9(13)7-12-11/h2-5,11-12H,6-7H2,1H3. The molecule has 1 saturated heterocycles. The molecule has 0 radical (unpaired) electrons. The van der Waals surface area contributed by atoms with E-state index in [0.29, 0.717) is 18.7 Å². The first kappa shape index (κ1) is 8.45. The second kappa shape index (κ2) is 3.30. The summed E-state index contributed by atoms with van der Waals surface area (Å²) < 4.78 is 0. The van der Waals surface area contributed by atoms with E-state index in [1.165, 1.54) is 11.1 Å². The Labute approximate surface area is 78.0 Å². The van der Waals surface area contributed by atoms with Crippen LogP contribution >= 0.6 is 0 Å². The molecule has 0 bridgehead atoms. The Bertz CT molecular complexity index is 333. The predicted octanol–water partition coefficient (Wildman–Crippen LogP) is 1.60. The Morgan fingerprint density at radius 1 is 1.38 bits per heavy atom. The number of rotatable bonds is 1. The summed E-state index contributed by atoms with van der Waals surface area (Å²) >= 11 is 0. The van der Waals surface area contributed by atoms with Crippen molar-refractivity contribution in [3.63, 3.8) is 0 Å². The lowest BCUT2D eigenvalue weighted by atomic mass is 10.0. The molecule has 13 heavy (non-hydrogen) atoms. The summed E-state index contributed by atoms with van der Waals surface area (Å²) in [7, 11) is 0. The van der Waals surface area contributed by atoms with E-state index < -0.39 is 0 Å². The predicted molar refractivity (Wildman–Crippen MR) is 51.5 cm³/mol. The first-order chi connectivity index (χ1) is 6.27. The van der Waals surface area contributed by atoms with Crippen LogP contribution in [0.2, 0.25) is 0 Å². The van der Waals surface area contributed by atoms with Crippen molar-refractivity contribution < 1.29 is 4.79 Å². The number of Topliss-reactive ketones (excluding diaryl/α,β-unsaturated/α-hetero) is 1. The van der Waals surface area contributed by atoms with Gasteiger partial charge in [-0.25, -0.2) is 0 Å². The third kappa shape index (κ3) is 1.63. The Balaban J connectivity index is 2.26. The molecule has 1 fully saturated rings. The quantitative estimate of drug-likeness (QED) is 0.702. The molecule has 1 N–H and O–H groups in total. The van der Waals surface area contributed by atoms with Gasteiger partial charge in [-0.1, -0.05) is 24.3 Å². The number of nitrogens with one attached hydrogen (secondary N) is 1. The highest BCUT2D eigenvalue weighted by molar-refractivity contribution is 5.83. The van der Waals surface area contributed by atoms with Gasteiger partial charge in [0, 0.05) is 12.5 Å². The lowest BCUT2D eigenvalue weighted by Crippen LogP contribution is -2.14. The fourth-order valence-electron chi connectivity index (χ4n) is 1.81. The van der Waals surface area contributed by atoms with Crippen LogP contribution in [0.25, 0.3) is 0 Å². The van der Waals surface area contributed by atoms with Crippen molar-refractivity contribution >= 4 is 5.78 Å². The van der Waals surface area contributed by atoms with Crippen LogP contribution < -0.4 is 5.32 Å². The molecule has 1 unspecified atom stereocenters. The van der Waals surface area contributed by atoms with E-state index in [9.17, 15) is 4.79 Å². The van der Waals surface area contributed by atoms with Crippen molar-refractivity contribution in [1.82, 2.24) is 5.32 Å². The summed E-state index contributed by atoms with van der Waals surface area (Å²) in [6, 6.07) is 8.46. The monoisotopic (exact) mass is 175 g/mol. The van der Waals surface area contributed by atoms with E-state index in [-0.39, 0.29) is 6.04 Å². The van der Waals surface area contributed by atoms with Crippen LogP contribution in [0.1, 0.15) is 23.6 Å². The van der Waals surface area contributed by atoms with Crippen LogP contribution in [0.15, 0.2) is 24.3 Å². The molecule has 68 valence electrons. The highest BCUT2D eigenvalue weighted by Crippen LogP contribution is 2.23. The zero-order chi connectivity index (χ0) is 9.26. The smallest absolute Gasteiger partial charge is 0.148 e. The zero-order valence-corrected chi connectivity index (χ0v) is 7.71.